The van der Waals surface area contributed by atoms with Crippen LogP contribution in [0.15, 0.2) is 90.7 Å². The molecule has 14 nitrogen and oxygen atoms in total. The van der Waals surface area contributed by atoms with Gasteiger partial charge < -0.3 is 24.9 Å². The second-order valence-electron chi connectivity index (χ2n) is 13.6. The summed E-state index contributed by atoms with van der Waals surface area (Å²) in [6.45, 7) is 5.22. The third-order valence-corrected chi connectivity index (χ3v) is 9.18. The summed E-state index contributed by atoms with van der Waals surface area (Å²) < 4.78 is 21.6. The topological polar surface area (TPSA) is 190 Å². The molecule has 4 aromatic heterocycles. The summed E-state index contributed by atoms with van der Waals surface area (Å²) in [5, 5.41) is 11.0. The van der Waals surface area contributed by atoms with E-state index in [-0.39, 0.29) is 11.9 Å². The number of nitrogens with one attached hydrogen (secondary N) is 4. The van der Waals surface area contributed by atoms with Gasteiger partial charge in [-0.3, -0.25) is 9.78 Å². The molecule has 0 radical (unpaired) electrons. The van der Waals surface area contributed by atoms with Crippen molar-refractivity contribution >= 4 is 45.4 Å². The Balaban J connectivity index is 0.929. The van der Waals surface area contributed by atoms with E-state index in [2.05, 4.69) is 35.6 Å². The van der Waals surface area contributed by atoms with Crippen LogP contribution < -0.4 is 20.3 Å². The fourth-order valence-electron chi connectivity index (χ4n) is 6.27. The summed E-state index contributed by atoms with van der Waals surface area (Å²) in [5.74, 6) is 0.475. The van der Waals surface area contributed by atoms with Crippen LogP contribution in [0.5, 0.6) is 5.75 Å². The number of fused-ring (bicyclic) bond motifs is 2. The molecule has 15 heteroatoms. The number of hydrogen-bond donors (Lipinski definition) is 4. The van der Waals surface area contributed by atoms with Crippen LogP contribution in [0.3, 0.4) is 0 Å². The Bertz CT molecular complexity index is 2360. The van der Waals surface area contributed by atoms with Gasteiger partial charge in [-0.15, -0.1) is 0 Å². The number of amides is 1. The van der Waals surface area contributed by atoms with Crippen molar-refractivity contribution in [1.82, 2.24) is 39.7 Å². The number of carbonyl (C=O) groups excluding carboxylic acids is 2. The number of nitrogens with zero attached hydrogens (tertiary/aromatic N) is 7. The Labute approximate surface area is 323 Å². The normalized spacial score (nSPS) is 11.4. The van der Waals surface area contributed by atoms with Crippen LogP contribution >= 0.6 is 0 Å². The lowest BCUT2D eigenvalue weighted by molar-refractivity contribution is -0.129. The highest BCUT2D eigenvalue weighted by Crippen LogP contribution is 2.28. The van der Waals surface area contributed by atoms with E-state index in [0.717, 1.165) is 66.8 Å². The smallest absolute Gasteiger partial charge is 0.335 e. The lowest BCUT2D eigenvalue weighted by Gasteiger charge is -2.11. The molecule has 0 saturated carbocycles. The maximum atomic E-state index is 14.0. The average Bonchev–Trinajstić information content (AvgIpc) is 3.81. The lowest BCUT2D eigenvalue weighted by Crippen LogP contribution is -2.24. The van der Waals surface area contributed by atoms with Crippen molar-refractivity contribution in [2.24, 2.45) is 5.11 Å². The number of esters is 1. The number of pyridine rings is 1. The largest absolute Gasteiger partial charge is 0.423 e. The first-order valence-electron chi connectivity index (χ1n) is 18.8. The Morgan fingerprint density at radius 3 is 2.70 bits per heavy atom. The quantitative estimate of drug-likeness (QED) is 0.0159. The molecule has 2 aromatic carbocycles. The van der Waals surface area contributed by atoms with Gasteiger partial charge in [-0.25, -0.2) is 24.1 Å². The molecule has 56 heavy (non-hydrogen) atoms. The fourth-order valence-corrected chi connectivity index (χ4v) is 6.27. The number of unbranched alkanes of at least 4 members (excludes halogenated alkanes) is 3. The highest BCUT2D eigenvalue weighted by Gasteiger charge is 2.17. The van der Waals surface area contributed by atoms with Gasteiger partial charge in [-0.2, -0.15) is 0 Å². The molecule has 288 valence electrons. The van der Waals surface area contributed by atoms with Crippen molar-refractivity contribution in [2.75, 3.05) is 18.4 Å². The predicted octanol–water partition coefficient (Wildman–Crippen LogP) is 8.09. The summed E-state index contributed by atoms with van der Waals surface area (Å²) in [4.78, 5) is 49.0. The molecular formula is C41H45FN11O3+. The van der Waals surface area contributed by atoms with Crippen LogP contribution in [0.25, 0.3) is 33.5 Å². The molecule has 0 aliphatic rings. The predicted molar refractivity (Wildman–Crippen MR) is 212 cm³/mol. The zero-order chi connectivity index (χ0) is 39.3. The molecule has 4 N–H and O–H groups in total. The van der Waals surface area contributed by atoms with E-state index in [1.807, 2.05) is 67.1 Å². The van der Waals surface area contributed by atoms with Crippen molar-refractivity contribution in [1.29, 1.82) is 5.53 Å². The third-order valence-electron chi connectivity index (χ3n) is 9.18. The second-order valence-corrected chi connectivity index (χ2v) is 13.6. The molecule has 0 spiro atoms. The minimum absolute atomic E-state index is 0.0444. The SMILES string of the molecule is CC(C)n1cnc2c(NCCc3c[nH]c4ccc(OC(=O)/C=C/CCCCCNC(=O)CCCc5ccc(N=[N+]=N)cc5)cc34)nc(-c3cncc(F)c3)nc21. The molecule has 1 amide bonds. The fraction of sp³-hybridized carbons (Fsp3) is 0.317. The van der Waals surface area contributed by atoms with Gasteiger partial charge in [0.2, 0.25) is 10.8 Å². The summed E-state index contributed by atoms with van der Waals surface area (Å²) in [7, 11) is 0. The first kappa shape index (κ1) is 39.1. The Hall–Kier alpha value is -6.60. The molecule has 4 heterocycles. The molecule has 0 saturated heterocycles. The molecule has 0 aliphatic heterocycles. The number of aromatic amines is 1. The standard InChI is InChI=1S/C41H44FN11O3/c1-27(2)53-26-48-38-40(49-39(50-41(38)53)30-21-31(42)25-44-23-30)46-20-18-29-24-47-35-17-16-33(22-34(29)35)56-37(55)11-6-4-3-5-7-19-45-36(54)10-8-9-28-12-14-32(15-13-28)51-52-43/h6,11-17,21-27,43,47H,3-5,7-10,18-20H2,1-2H3,(H-,45,46,49,50,54)/p+1/b11-6+. The van der Waals surface area contributed by atoms with Crippen molar-refractivity contribution in [3.05, 3.63) is 103 Å². The molecule has 0 atom stereocenters. The lowest BCUT2D eigenvalue weighted by atomic mass is 10.1. The number of halogens is 1. The number of ether oxygens (including phenoxy) is 1. The van der Waals surface area contributed by atoms with Gasteiger partial charge >= 0.3 is 5.97 Å². The van der Waals surface area contributed by atoms with Crippen LogP contribution in [0.4, 0.5) is 15.9 Å². The number of benzene rings is 2. The molecule has 0 fully saturated rings. The van der Waals surface area contributed by atoms with Crippen molar-refractivity contribution in [3.63, 3.8) is 0 Å². The maximum Gasteiger partial charge on any atom is 0.335 e. The summed E-state index contributed by atoms with van der Waals surface area (Å²) in [5.41, 5.74) is 12.2. The first-order valence-corrected chi connectivity index (χ1v) is 18.8. The number of aryl methyl sites for hydroxylation is 1. The molecular weight excluding hydrogens is 714 g/mol. The minimum Gasteiger partial charge on any atom is -0.423 e. The zero-order valence-electron chi connectivity index (χ0n) is 31.5. The van der Waals surface area contributed by atoms with Crippen LogP contribution in [-0.2, 0) is 22.4 Å². The van der Waals surface area contributed by atoms with Gasteiger partial charge in [0.1, 0.15) is 22.6 Å². The molecule has 6 rings (SSSR count). The van der Waals surface area contributed by atoms with Gasteiger partial charge in [0.15, 0.2) is 28.1 Å². The Morgan fingerprint density at radius 2 is 1.89 bits per heavy atom. The number of allylic oxidation sites excluding steroid dienone is 1. The van der Waals surface area contributed by atoms with E-state index in [4.69, 9.17) is 20.2 Å². The van der Waals surface area contributed by atoms with E-state index in [0.29, 0.717) is 65.7 Å². The minimum atomic E-state index is -0.469. The number of anilines is 1. The van der Waals surface area contributed by atoms with E-state index in [1.165, 1.54) is 18.3 Å². The number of carbonyl (C=O) groups is 2. The summed E-state index contributed by atoms with van der Waals surface area (Å²) in [6.07, 6.45) is 15.7. The van der Waals surface area contributed by atoms with Crippen LogP contribution in [0.1, 0.15) is 69.5 Å². The first-order chi connectivity index (χ1) is 27.3. The number of H-pyrrole nitrogens is 1. The average molecular weight is 759 g/mol. The van der Waals surface area contributed by atoms with E-state index < -0.39 is 11.8 Å². The van der Waals surface area contributed by atoms with Crippen LogP contribution in [-0.4, -0.2) is 54.5 Å². The van der Waals surface area contributed by atoms with Gasteiger partial charge in [0, 0.05) is 60.5 Å². The van der Waals surface area contributed by atoms with Gasteiger partial charge in [-0.05, 0) is 99.9 Å². The number of hydrogen-bond acceptors (Lipinski definition) is 10. The van der Waals surface area contributed by atoms with Gasteiger partial charge in [0.25, 0.3) is 0 Å². The molecule has 0 unspecified atom stereocenters. The van der Waals surface area contributed by atoms with Gasteiger partial charge in [-0.1, -0.05) is 24.6 Å². The van der Waals surface area contributed by atoms with E-state index >= 15 is 0 Å². The molecule has 0 aliphatic carbocycles. The zero-order valence-corrected chi connectivity index (χ0v) is 31.5. The third kappa shape index (κ3) is 10.5. The van der Waals surface area contributed by atoms with Crippen molar-refractivity contribution < 1.29 is 18.7 Å². The number of aromatic nitrogens is 6. The highest BCUT2D eigenvalue weighted by atomic mass is 19.1. The maximum absolute atomic E-state index is 14.0. The second kappa shape index (κ2) is 19.1. The monoisotopic (exact) mass is 758 g/mol. The highest BCUT2D eigenvalue weighted by molar-refractivity contribution is 5.88. The Morgan fingerprint density at radius 1 is 1.04 bits per heavy atom. The molecule has 6 aromatic rings. The number of imidazole rings is 1. The molecule has 0 bridgehead atoms. The van der Waals surface area contributed by atoms with Crippen molar-refractivity contribution in [3.8, 4) is 17.1 Å². The summed E-state index contributed by atoms with van der Waals surface area (Å²) in [6, 6.07) is 14.5. The van der Waals surface area contributed by atoms with Crippen LogP contribution in [0.2, 0.25) is 0 Å². The number of rotatable bonds is 19. The van der Waals surface area contributed by atoms with E-state index in [1.54, 1.807) is 12.4 Å². The van der Waals surface area contributed by atoms with Crippen LogP contribution in [0, 0.1) is 11.3 Å². The summed E-state index contributed by atoms with van der Waals surface area (Å²) >= 11 is 0. The Kier molecular flexibility index (Phi) is 13.4. The van der Waals surface area contributed by atoms with E-state index in [9.17, 15) is 14.0 Å². The van der Waals surface area contributed by atoms with Gasteiger partial charge in [0.05, 0.1) is 12.5 Å². The van der Waals surface area contributed by atoms with Crippen molar-refractivity contribution in [2.45, 2.75) is 71.3 Å².